The fraction of sp³-hybridized carbons (Fsp3) is 1.00. The van der Waals surface area contributed by atoms with Gasteiger partial charge in [0.2, 0.25) is 0 Å². The third kappa shape index (κ3) is 8.59. The molecule has 3 unspecified atom stereocenters. The van der Waals surface area contributed by atoms with E-state index in [1.807, 2.05) is 0 Å². The van der Waals surface area contributed by atoms with Crippen LogP contribution in [0.2, 0.25) is 0 Å². The van der Waals surface area contributed by atoms with E-state index in [-0.39, 0.29) is 12.2 Å². The third-order valence-corrected chi connectivity index (χ3v) is 13.9. The van der Waals surface area contributed by atoms with E-state index in [1.54, 1.807) is 0 Å². The lowest BCUT2D eigenvalue weighted by Gasteiger charge is -2.62. The van der Waals surface area contributed by atoms with Crippen molar-refractivity contribution in [2.45, 2.75) is 162 Å². The highest BCUT2D eigenvalue weighted by atomic mass is 16.3. The molecule has 0 aliphatic heterocycles. The van der Waals surface area contributed by atoms with Crippen molar-refractivity contribution in [1.29, 1.82) is 0 Å². The van der Waals surface area contributed by atoms with Crippen LogP contribution >= 0.6 is 0 Å². The molecule has 4 aliphatic rings. The van der Waals surface area contributed by atoms with Crippen LogP contribution in [0, 0.1) is 52.3 Å². The fourth-order valence-corrected chi connectivity index (χ4v) is 11.1. The van der Waals surface area contributed by atoms with Crippen LogP contribution in [0.5, 0.6) is 0 Å². The second kappa shape index (κ2) is 16.6. The maximum atomic E-state index is 11.8. The van der Waals surface area contributed by atoms with E-state index < -0.39 is 0 Å². The molecule has 6 N–H and O–H groups in total. The standard InChI is InChI=1S/C38H73N3O2/c1-27(2)34(42)16-13-28(3)31-14-15-32-36-33(18-20-38(31,32)5)37(4)19-17-30(25-29(37)26-35(36)43)41-24-12-23-40-22-11-9-7-6-8-10-21-39/h27-36,40-43H,6-26,39H2,1-5H3/t28-,29-,30+,31-,32?,33?,34-,35-,36?,37+,38-/m1/s1. The van der Waals surface area contributed by atoms with Gasteiger partial charge in [-0.15, -0.1) is 0 Å². The average Bonchev–Trinajstić information content (AvgIpc) is 3.34. The first kappa shape index (κ1) is 35.7. The van der Waals surface area contributed by atoms with Gasteiger partial charge in [0.15, 0.2) is 0 Å². The number of nitrogens with two attached hydrogens (primary N) is 1. The highest BCUT2D eigenvalue weighted by Crippen LogP contribution is 2.68. The number of hydrogen-bond acceptors (Lipinski definition) is 5. The predicted molar refractivity (Wildman–Crippen MR) is 182 cm³/mol. The number of hydrogen-bond donors (Lipinski definition) is 5. The molecule has 0 spiro atoms. The van der Waals surface area contributed by atoms with Crippen LogP contribution in [-0.4, -0.2) is 54.6 Å². The lowest BCUT2D eigenvalue weighted by molar-refractivity contribution is -0.167. The molecule has 5 nitrogen and oxygen atoms in total. The first-order valence-electron chi connectivity index (χ1n) is 19.1. The molecule has 4 aliphatic carbocycles. The average molecular weight is 604 g/mol. The molecule has 0 bridgehead atoms. The summed E-state index contributed by atoms with van der Waals surface area (Å²) in [6.07, 6.45) is 21.0. The van der Waals surface area contributed by atoms with Crippen LogP contribution < -0.4 is 16.4 Å². The molecular weight excluding hydrogens is 530 g/mol. The van der Waals surface area contributed by atoms with Crippen molar-refractivity contribution >= 4 is 0 Å². The number of unbranched alkanes of at least 4 members (excludes halogenated alkanes) is 5. The van der Waals surface area contributed by atoms with Gasteiger partial charge in [-0.1, -0.05) is 60.3 Å². The van der Waals surface area contributed by atoms with Gasteiger partial charge in [0, 0.05) is 6.04 Å². The maximum absolute atomic E-state index is 11.8. The molecular formula is C38H73N3O2. The summed E-state index contributed by atoms with van der Waals surface area (Å²) in [5.74, 6) is 4.30. The fourth-order valence-electron chi connectivity index (χ4n) is 11.1. The summed E-state index contributed by atoms with van der Waals surface area (Å²) in [4.78, 5) is 0. The molecule has 4 saturated carbocycles. The van der Waals surface area contributed by atoms with Gasteiger partial charge in [0.05, 0.1) is 12.2 Å². The van der Waals surface area contributed by atoms with E-state index in [4.69, 9.17) is 5.73 Å². The van der Waals surface area contributed by atoms with E-state index in [2.05, 4.69) is 45.3 Å². The first-order chi connectivity index (χ1) is 20.6. The first-order valence-corrected chi connectivity index (χ1v) is 19.1. The molecule has 0 amide bonds. The minimum atomic E-state index is -0.168. The zero-order chi connectivity index (χ0) is 31.0. The van der Waals surface area contributed by atoms with Crippen molar-refractivity contribution in [1.82, 2.24) is 10.6 Å². The zero-order valence-corrected chi connectivity index (χ0v) is 29.1. The Labute approximate surface area is 266 Å². The Balaban J connectivity index is 1.20. The topological polar surface area (TPSA) is 90.5 Å². The quantitative estimate of drug-likeness (QED) is 0.106. The summed E-state index contributed by atoms with van der Waals surface area (Å²) in [5.41, 5.74) is 6.35. The molecule has 0 aromatic rings. The van der Waals surface area contributed by atoms with Gasteiger partial charge in [-0.05, 0) is 162 Å². The second-order valence-corrected chi connectivity index (χ2v) is 16.8. The predicted octanol–water partition coefficient (Wildman–Crippen LogP) is 7.29. The lowest BCUT2D eigenvalue weighted by atomic mass is 9.43. The number of fused-ring (bicyclic) bond motifs is 5. The summed E-state index contributed by atoms with van der Waals surface area (Å²) >= 11 is 0. The monoisotopic (exact) mass is 604 g/mol. The van der Waals surface area contributed by atoms with Crippen LogP contribution in [0.4, 0.5) is 0 Å². The van der Waals surface area contributed by atoms with Gasteiger partial charge in [-0.2, -0.15) is 0 Å². The summed E-state index contributed by atoms with van der Waals surface area (Å²) in [6.45, 7) is 16.2. The van der Waals surface area contributed by atoms with Gasteiger partial charge in [0.25, 0.3) is 0 Å². The van der Waals surface area contributed by atoms with Crippen LogP contribution in [0.3, 0.4) is 0 Å². The summed E-state index contributed by atoms with van der Waals surface area (Å²) in [6, 6.07) is 0.627. The van der Waals surface area contributed by atoms with Crippen molar-refractivity contribution in [3.05, 3.63) is 0 Å². The molecule has 4 fully saturated rings. The third-order valence-electron chi connectivity index (χ3n) is 13.9. The Hall–Kier alpha value is -0.200. The molecule has 0 aromatic carbocycles. The summed E-state index contributed by atoms with van der Waals surface area (Å²) < 4.78 is 0. The number of aliphatic hydroxyl groups is 2. The van der Waals surface area contributed by atoms with Crippen molar-refractivity contribution in [2.75, 3.05) is 26.2 Å². The SMILES string of the molecule is CC(C)[C@H](O)CC[C@@H](C)[C@H]1CCC2C3C(CC[C@@]21C)[C@@]1(C)CC[C@H](NCCCNCCCCCCCCN)C[C@@H]1C[C@H]3O. The Kier molecular flexibility index (Phi) is 13.7. The highest BCUT2D eigenvalue weighted by molar-refractivity contribution is 5.12. The minimum Gasteiger partial charge on any atom is -0.393 e. The van der Waals surface area contributed by atoms with E-state index in [9.17, 15) is 10.2 Å². The van der Waals surface area contributed by atoms with Gasteiger partial charge in [-0.25, -0.2) is 0 Å². The number of nitrogens with one attached hydrogen (secondary N) is 2. The highest BCUT2D eigenvalue weighted by Gasteiger charge is 2.62. The van der Waals surface area contributed by atoms with E-state index in [0.29, 0.717) is 52.4 Å². The van der Waals surface area contributed by atoms with E-state index in [0.717, 1.165) is 51.4 Å². The molecule has 252 valence electrons. The van der Waals surface area contributed by atoms with E-state index >= 15 is 0 Å². The Morgan fingerprint density at radius 3 is 2.19 bits per heavy atom. The number of aliphatic hydroxyl groups excluding tert-OH is 2. The molecule has 0 aromatic heterocycles. The molecule has 5 heteroatoms. The summed E-state index contributed by atoms with van der Waals surface area (Å²) in [7, 11) is 0. The molecule has 4 rings (SSSR count). The zero-order valence-electron chi connectivity index (χ0n) is 29.1. The smallest absolute Gasteiger partial charge is 0.0577 e. The van der Waals surface area contributed by atoms with Crippen molar-refractivity contribution in [3.63, 3.8) is 0 Å². The minimum absolute atomic E-state index is 0.117. The number of rotatable bonds is 18. The molecule has 0 radical (unpaired) electrons. The lowest BCUT2D eigenvalue weighted by Crippen LogP contribution is -2.59. The molecule has 0 saturated heterocycles. The van der Waals surface area contributed by atoms with Crippen LogP contribution in [0.1, 0.15) is 144 Å². The van der Waals surface area contributed by atoms with Gasteiger partial charge < -0.3 is 26.6 Å². The van der Waals surface area contributed by atoms with Gasteiger partial charge >= 0.3 is 0 Å². The molecule has 0 heterocycles. The second-order valence-electron chi connectivity index (χ2n) is 16.8. The Morgan fingerprint density at radius 1 is 0.767 bits per heavy atom. The normalized spacial score (nSPS) is 38.9. The Morgan fingerprint density at radius 2 is 1.44 bits per heavy atom. The van der Waals surface area contributed by atoms with Gasteiger partial charge in [0.1, 0.15) is 0 Å². The largest absolute Gasteiger partial charge is 0.393 e. The van der Waals surface area contributed by atoms with Crippen molar-refractivity contribution < 1.29 is 10.2 Å². The van der Waals surface area contributed by atoms with Gasteiger partial charge in [-0.3, -0.25) is 0 Å². The van der Waals surface area contributed by atoms with Crippen LogP contribution in [0.15, 0.2) is 0 Å². The van der Waals surface area contributed by atoms with Crippen molar-refractivity contribution in [3.8, 4) is 0 Å². The molecule has 43 heavy (non-hydrogen) atoms. The summed E-state index contributed by atoms with van der Waals surface area (Å²) in [5, 5.41) is 29.8. The maximum Gasteiger partial charge on any atom is 0.0577 e. The van der Waals surface area contributed by atoms with Crippen LogP contribution in [0.25, 0.3) is 0 Å². The molecule has 11 atom stereocenters. The van der Waals surface area contributed by atoms with E-state index in [1.165, 1.54) is 89.9 Å². The van der Waals surface area contributed by atoms with Crippen LogP contribution in [-0.2, 0) is 0 Å². The Bertz CT molecular complexity index is 808. The van der Waals surface area contributed by atoms with Crippen molar-refractivity contribution in [2.24, 2.45) is 58.0 Å².